The summed E-state index contributed by atoms with van der Waals surface area (Å²) in [5.74, 6) is 0.0198. The van der Waals surface area contributed by atoms with Gasteiger partial charge in [-0.2, -0.15) is 0 Å². The molecule has 9 nitrogen and oxygen atoms in total. The first-order valence-electron chi connectivity index (χ1n) is 12.0. The van der Waals surface area contributed by atoms with Crippen molar-refractivity contribution in [3.8, 4) is 0 Å². The summed E-state index contributed by atoms with van der Waals surface area (Å²) in [6, 6.07) is 5.97. The van der Waals surface area contributed by atoms with E-state index in [1.165, 1.54) is 0 Å². The van der Waals surface area contributed by atoms with Crippen LogP contribution >= 0.6 is 24.0 Å². The maximum absolute atomic E-state index is 13.3. The normalized spacial score (nSPS) is 18.7. The first kappa shape index (κ1) is 26.9. The predicted molar refractivity (Wildman–Crippen MR) is 138 cm³/mol. The molecule has 0 unspecified atom stereocenters. The van der Waals surface area contributed by atoms with E-state index in [-0.39, 0.29) is 30.3 Å². The first-order valence-corrected chi connectivity index (χ1v) is 12.3. The van der Waals surface area contributed by atoms with Gasteiger partial charge in [-0.15, -0.1) is 12.4 Å². The number of rotatable bonds is 7. The zero-order valence-corrected chi connectivity index (χ0v) is 21.8. The molecule has 0 bridgehead atoms. The van der Waals surface area contributed by atoms with Gasteiger partial charge >= 0.3 is 6.03 Å². The number of nitrogens with zero attached hydrogens (tertiary/aromatic N) is 4. The minimum Gasteiger partial charge on any atom is -0.361 e. The van der Waals surface area contributed by atoms with Gasteiger partial charge in [-0.1, -0.05) is 31.4 Å². The molecule has 3 heterocycles. The van der Waals surface area contributed by atoms with E-state index < -0.39 is 12.1 Å². The van der Waals surface area contributed by atoms with Gasteiger partial charge in [0.15, 0.2) is 0 Å². The minimum atomic E-state index is -0.580. The number of amides is 4. The highest BCUT2D eigenvalue weighted by Gasteiger charge is 2.41. The third-order valence-electron chi connectivity index (χ3n) is 6.65. The number of fused-ring (bicyclic) bond motifs is 1. The second-order valence-electron chi connectivity index (χ2n) is 9.23. The van der Waals surface area contributed by atoms with E-state index in [4.69, 9.17) is 11.6 Å². The lowest BCUT2D eigenvalue weighted by atomic mass is 10.0. The second-order valence-corrected chi connectivity index (χ2v) is 9.66. The van der Waals surface area contributed by atoms with Gasteiger partial charge in [0.05, 0.1) is 13.3 Å². The van der Waals surface area contributed by atoms with Crippen molar-refractivity contribution in [2.24, 2.45) is 0 Å². The van der Waals surface area contributed by atoms with E-state index in [9.17, 15) is 14.4 Å². The maximum Gasteiger partial charge on any atom is 0.319 e. The number of anilines is 1. The number of likely N-dealkylation sites (tertiary alicyclic amines) is 1. The Kier molecular flexibility index (Phi) is 9.13. The molecular weight excluding hydrogens is 491 g/mol. The lowest BCUT2D eigenvalue weighted by Gasteiger charge is -2.38. The SMILES string of the molecule is CCCC[C@@H](NC(=O)Nc1ccc(Cl)cc1)C(=O)N1CCC(N2CN3CN(C)C=C3C2=O)CC1.Cl. The van der Waals surface area contributed by atoms with Crippen molar-refractivity contribution in [1.82, 2.24) is 24.9 Å². The molecule has 1 aromatic carbocycles. The molecule has 11 heteroatoms. The standard InChI is InChI=1S/C24H33ClN6O3.ClH/c1-3-4-5-20(27-24(34)26-18-8-6-17(25)7-9-18)22(32)29-12-10-19(11-13-29)31-16-30-15-28(2)14-21(30)23(31)33;/h6-9,14,19-20H,3-5,10-13,15-16H2,1-2H3,(H2,26,27,34);1H/t20-;/m1./s1. The lowest BCUT2D eigenvalue weighted by Crippen LogP contribution is -2.54. The van der Waals surface area contributed by atoms with Gasteiger partial charge in [-0.25, -0.2) is 4.79 Å². The summed E-state index contributed by atoms with van der Waals surface area (Å²) in [6.45, 7) is 4.56. The number of carbonyl (C=O) groups excluding carboxylic acids is 3. The molecule has 4 amide bonds. The molecule has 2 N–H and O–H groups in total. The average Bonchev–Trinajstić information content (AvgIpc) is 3.34. The number of nitrogens with one attached hydrogen (secondary N) is 2. The van der Waals surface area contributed by atoms with Gasteiger partial charge in [0.2, 0.25) is 5.91 Å². The van der Waals surface area contributed by atoms with E-state index in [2.05, 4.69) is 22.5 Å². The molecule has 0 aromatic heterocycles. The van der Waals surface area contributed by atoms with E-state index in [0.717, 1.165) is 38.0 Å². The van der Waals surface area contributed by atoms with E-state index in [1.807, 2.05) is 27.9 Å². The number of unbranched alkanes of at least 4 members (excludes halogenated alkanes) is 1. The molecule has 3 aliphatic rings. The Balaban J connectivity index is 0.00000342. The molecule has 1 aromatic rings. The van der Waals surface area contributed by atoms with Crippen molar-refractivity contribution in [1.29, 1.82) is 0 Å². The van der Waals surface area contributed by atoms with Gasteiger partial charge in [0, 0.05) is 43.1 Å². The third kappa shape index (κ3) is 6.32. The van der Waals surface area contributed by atoms with Crippen LogP contribution in [0.5, 0.6) is 0 Å². The minimum absolute atomic E-state index is 0. The van der Waals surface area contributed by atoms with E-state index >= 15 is 0 Å². The molecule has 35 heavy (non-hydrogen) atoms. The summed E-state index contributed by atoms with van der Waals surface area (Å²) < 4.78 is 0. The maximum atomic E-state index is 13.3. The zero-order valence-electron chi connectivity index (χ0n) is 20.2. The Hall–Kier alpha value is -2.65. The van der Waals surface area contributed by atoms with Crippen LogP contribution in [0.25, 0.3) is 0 Å². The van der Waals surface area contributed by atoms with Crippen LogP contribution in [0.4, 0.5) is 10.5 Å². The molecule has 2 saturated heterocycles. The van der Waals surface area contributed by atoms with Gasteiger partial charge in [-0.05, 0) is 43.5 Å². The van der Waals surface area contributed by atoms with Crippen molar-refractivity contribution >= 4 is 47.5 Å². The third-order valence-corrected chi connectivity index (χ3v) is 6.90. The Morgan fingerprint density at radius 2 is 1.83 bits per heavy atom. The van der Waals surface area contributed by atoms with Gasteiger partial charge < -0.3 is 30.2 Å². The van der Waals surface area contributed by atoms with Crippen LogP contribution in [0.1, 0.15) is 39.0 Å². The van der Waals surface area contributed by atoms with Crippen LogP contribution in [0.15, 0.2) is 36.2 Å². The molecule has 0 saturated carbocycles. The van der Waals surface area contributed by atoms with Crippen LogP contribution in [-0.2, 0) is 9.59 Å². The fourth-order valence-corrected chi connectivity index (χ4v) is 4.93. The van der Waals surface area contributed by atoms with Crippen molar-refractivity contribution in [3.63, 3.8) is 0 Å². The fraction of sp³-hybridized carbons (Fsp3) is 0.542. The molecule has 0 radical (unpaired) electrons. The van der Waals surface area contributed by atoms with Crippen molar-refractivity contribution in [2.75, 3.05) is 38.8 Å². The van der Waals surface area contributed by atoms with Crippen LogP contribution in [-0.4, -0.2) is 83.0 Å². The summed E-state index contributed by atoms with van der Waals surface area (Å²) in [5, 5.41) is 6.22. The molecule has 0 aliphatic carbocycles. The number of piperidine rings is 1. The number of urea groups is 1. The fourth-order valence-electron chi connectivity index (χ4n) is 4.81. The molecule has 2 fully saturated rings. The number of carbonyl (C=O) groups is 3. The van der Waals surface area contributed by atoms with Crippen LogP contribution < -0.4 is 10.6 Å². The van der Waals surface area contributed by atoms with Crippen LogP contribution in [0.2, 0.25) is 5.02 Å². The monoisotopic (exact) mass is 524 g/mol. The summed E-state index contributed by atoms with van der Waals surface area (Å²) in [6.07, 6.45) is 5.75. The first-order chi connectivity index (χ1) is 16.4. The Morgan fingerprint density at radius 1 is 1.14 bits per heavy atom. The van der Waals surface area contributed by atoms with Gasteiger partial charge in [0.1, 0.15) is 11.7 Å². The average molecular weight is 525 g/mol. The molecular formula is C24H34Cl2N6O3. The van der Waals surface area contributed by atoms with Crippen LogP contribution in [0, 0.1) is 0 Å². The van der Waals surface area contributed by atoms with Crippen molar-refractivity contribution in [3.05, 3.63) is 41.2 Å². The zero-order chi connectivity index (χ0) is 24.2. The smallest absolute Gasteiger partial charge is 0.319 e. The number of benzene rings is 1. The number of hydrogen-bond acceptors (Lipinski definition) is 5. The molecule has 4 rings (SSSR count). The summed E-state index contributed by atoms with van der Waals surface area (Å²) >= 11 is 5.90. The van der Waals surface area contributed by atoms with Crippen molar-refractivity contribution < 1.29 is 14.4 Å². The second kappa shape index (κ2) is 11.9. The molecule has 192 valence electrons. The van der Waals surface area contributed by atoms with E-state index in [1.54, 1.807) is 24.3 Å². The lowest BCUT2D eigenvalue weighted by molar-refractivity contribution is -0.135. The Labute approximate surface area is 217 Å². The molecule has 0 spiro atoms. The predicted octanol–water partition coefficient (Wildman–Crippen LogP) is 3.28. The molecule has 3 aliphatic heterocycles. The summed E-state index contributed by atoms with van der Waals surface area (Å²) in [7, 11) is 1.96. The highest BCUT2D eigenvalue weighted by molar-refractivity contribution is 6.30. The topological polar surface area (TPSA) is 88.2 Å². The van der Waals surface area contributed by atoms with Crippen molar-refractivity contribution in [2.45, 2.75) is 51.1 Å². The summed E-state index contributed by atoms with van der Waals surface area (Å²) in [5.41, 5.74) is 1.37. The highest BCUT2D eigenvalue weighted by Crippen LogP contribution is 2.29. The Morgan fingerprint density at radius 3 is 2.46 bits per heavy atom. The number of halogens is 2. The van der Waals surface area contributed by atoms with E-state index in [0.29, 0.717) is 36.9 Å². The molecule has 1 atom stereocenters. The van der Waals surface area contributed by atoms with Gasteiger partial charge in [-0.3, -0.25) is 9.59 Å². The quantitative estimate of drug-likeness (QED) is 0.571. The summed E-state index contributed by atoms with van der Waals surface area (Å²) in [4.78, 5) is 46.5. The highest BCUT2D eigenvalue weighted by atomic mass is 35.5. The Bertz CT molecular complexity index is 949. The van der Waals surface area contributed by atoms with Gasteiger partial charge in [0.25, 0.3) is 5.91 Å². The largest absolute Gasteiger partial charge is 0.361 e. The van der Waals surface area contributed by atoms with Crippen LogP contribution in [0.3, 0.4) is 0 Å². The number of hydrogen-bond donors (Lipinski definition) is 2.